The third-order valence-electron chi connectivity index (χ3n) is 4.44. The van der Waals surface area contributed by atoms with E-state index in [0.717, 1.165) is 29.3 Å². The Morgan fingerprint density at radius 1 is 1.32 bits per heavy atom. The van der Waals surface area contributed by atoms with E-state index < -0.39 is 0 Å². The van der Waals surface area contributed by atoms with E-state index in [-0.39, 0.29) is 0 Å². The van der Waals surface area contributed by atoms with Crippen LogP contribution in [0.3, 0.4) is 0 Å². The van der Waals surface area contributed by atoms with Crippen LogP contribution in [0.1, 0.15) is 37.7 Å². The summed E-state index contributed by atoms with van der Waals surface area (Å²) in [6.07, 6.45) is 10.6. The first-order valence-electron chi connectivity index (χ1n) is 7.91. The van der Waals surface area contributed by atoms with E-state index in [1.54, 1.807) is 13.2 Å². The van der Waals surface area contributed by atoms with Gasteiger partial charge in [-0.15, -0.1) is 0 Å². The van der Waals surface area contributed by atoms with Gasteiger partial charge in [0.15, 0.2) is 0 Å². The lowest BCUT2D eigenvalue weighted by Crippen LogP contribution is -2.14. The van der Waals surface area contributed by atoms with Crippen LogP contribution in [0.5, 0.6) is 5.75 Å². The van der Waals surface area contributed by atoms with Gasteiger partial charge in [0.1, 0.15) is 5.75 Å². The zero-order chi connectivity index (χ0) is 15.4. The summed E-state index contributed by atoms with van der Waals surface area (Å²) >= 11 is 0. The Bertz CT molecular complexity index is 678. The Balaban J connectivity index is 1.82. The van der Waals surface area contributed by atoms with Gasteiger partial charge in [-0.3, -0.25) is 4.68 Å². The highest BCUT2D eigenvalue weighted by atomic mass is 16.5. The van der Waals surface area contributed by atoms with Crippen molar-refractivity contribution in [3.05, 3.63) is 36.2 Å². The van der Waals surface area contributed by atoms with Gasteiger partial charge < -0.3 is 4.74 Å². The second-order valence-corrected chi connectivity index (χ2v) is 5.98. The minimum absolute atomic E-state index is 0.635. The second kappa shape index (κ2) is 6.65. The summed E-state index contributed by atoms with van der Waals surface area (Å²) in [5, 5.41) is 13.6. The lowest BCUT2D eigenvalue weighted by atomic mass is 9.89. The highest BCUT2D eigenvalue weighted by Gasteiger charge is 2.15. The summed E-state index contributed by atoms with van der Waals surface area (Å²) in [6.45, 7) is 0.986. The molecule has 0 atom stereocenters. The molecule has 0 spiro atoms. The Hall–Kier alpha value is -2.28. The van der Waals surface area contributed by atoms with Crippen molar-refractivity contribution in [2.75, 3.05) is 7.11 Å². The number of methoxy groups -OCH3 is 1. The minimum atomic E-state index is 0.635. The standard InChI is InChI=1S/C18H21N3O/c1-22-18-8-7-15(10-19)9-17(18)16-11-20-21(13-16)12-14-5-3-2-4-6-14/h7-9,11,13-14H,2-6,12H2,1H3. The highest BCUT2D eigenvalue weighted by molar-refractivity contribution is 5.71. The van der Waals surface area contributed by atoms with Crippen molar-refractivity contribution in [3.63, 3.8) is 0 Å². The van der Waals surface area contributed by atoms with Gasteiger partial charge in [-0.25, -0.2) is 0 Å². The Morgan fingerprint density at radius 3 is 2.86 bits per heavy atom. The third kappa shape index (κ3) is 3.14. The summed E-state index contributed by atoms with van der Waals surface area (Å²) in [7, 11) is 1.65. The largest absolute Gasteiger partial charge is 0.496 e. The number of rotatable bonds is 4. The molecule has 1 fully saturated rings. The van der Waals surface area contributed by atoms with Crippen LogP contribution in [0.15, 0.2) is 30.6 Å². The molecule has 0 aliphatic heterocycles. The van der Waals surface area contributed by atoms with Crippen LogP contribution in [-0.2, 0) is 6.54 Å². The van der Waals surface area contributed by atoms with E-state index >= 15 is 0 Å². The number of benzene rings is 1. The molecule has 4 nitrogen and oxygen atoms in total. The molecule has 1 aliphatic carbocycles. The van der Waals surface area contributed by atoms with E-state index in [0.29, 0.717) is 5.56 Å². The topological polar surface area (TPSA) is 50.8 Å². The van der Waals surface area contributed by atoms with E-state index in [4.69, 9.17) is 10.00 Å². The SMILES string of the molecule is COc1ccc(C#N)cc1-c1cnn(CC2CCCCC2)c1. The van der Waals surface area contributed by atoms with Gasteiger partial charge in [0, 0.05) is 23.9 Å². The molecule has 0 radical (unpaired) electrons. The molecule has 1 aliphatic rings. The minimum Gasteiger partial charge on any atom is -0.496 e. The van der Waals surface area contributed by atoms with Crippen LogP contribution in [0, 0.1) is 17.2 Å². The van der Waals surface area contributed by atoms with Crippen molar-refractivity contribution in [2.24, 2.45) is 5.92 Å². The van der Waals surface area contributed by atoms with Crippen LogP contribution in [0.2, 0.25) is 0 Å². The zero-order valence-electron chi connectivity index (χ0n) is 13.0. The van der Waals surface area contributed by atoms with Crippen molar-refractivity contribution >= 4 is 0 Å². The molecule has 2 aromatic rings. The van der Waals surface area contributed by atoms with Crippen LogP contribution in [0.4, 0.5) is 0 Å². The van der Waals surface area contributed by atoms with E-state index in [2.05, 4.69) is 17.4 Å². The number of nitrogens with zero attached hydrogens (tertiary/aromatic N) is 3. The Labute approximate surface area is 131 Å². The first-order valence-corrected chi connectivity index (χ1v) is 7.91. The predicted octanol–water partition coefficient (Wildman–Crippen LogP) is 4.01. The summed E-state index contributed by atoms with van der Waals surface area (Å²) in [6, 6.07) is 7.65. The second-order valence-electron chi connectivity index (χ2n) is 5.98. The number of hydrogen-bond donors (Lipinski definition) is 0. The lowest BCUT2D eigenvalue weighted by Gasteiger charge is -2.21. The summed E-state index contributed by atoms with van der Waals surface area (Å²) < 4.78 is 7.44. The van der Waals surface area contributed by atoms with Crippen molar-refractivity contribution in [2.45, 2.75) is 38.6 Å². The molecular weight excluding hydrogens is 274 g/mol. The highest BCUT2D eigenvalue weighted by Crippen LogP contribution is 2.31. The van der Waals surface area contributed by atoms with Crippen molar-refractivity contribution in [1.82, 2.24) is 9.78 Å². The van der Waals surface area contributed by atoms with Crippen LogP contribution < -0.4 is 4.74 Å². The molecule has 1 aromatic heterocycles. The Morgan fingerprint density at radius 2 is 2.14 bits per heavy atom. The van der Waals surface area contributed by atoms with Gasteiger partial charge in [-0.1, -0.05) is 19.3 Å². The molecule has 22 heavy (non-hydrogen) atoms. The molecule has 0 amide bonds. The van der Waals surface area contributed by atoms with Crippen molar-refractivity contribution < 1.29 is 4.74 Å². The van der Waals surface area contributed by atoms with E-state index in [1.165, 1.54) is 32.1 Å². The average Bonchev–Trinajstić information content (AvgIpc) is 3.03. The molecular formula is C18H21N3O. The third-order valence-corrected chi connectivity index (χ3v) is 4.44. The normalized spacial score (nSPS) is 15.5. The molecule has 0 N–H and O–H groups in total. The van der Waals surface area contributed by atoms with Crippen molar-refractivity contribution in [3.8, 4) is 22.9 Å². The van der Waals surface area contributed by atoms with E-state index in [1.807, 2.05) is 23.0 Å². The molecule has 3 rings (SSSR count). The van der Waals surface area contributed by atoms with Gasteiger partial charge in [0.05, 0.1) is 24.9 Å². The lowest BCUT2D eigenvalue weighted by molar-refractivity contribution is 0.308. The molecule has 114 valence electrons. The van der Waals surface area contributed by atoms with Gasteiger partial charge in [-0.05, 0) is 37.0 Å². The van der Waals surface area contributed by atoms with Gasteiger partial charge in [0.2, 0.25) is 0 Å². The van der Waals surface area contributed by atoms with Gasteiger partial charge in [-0.2, -0.15) is 10.4 Å². The summed E-state index contributed by atoms with van der Waals surface area (Å²) in [4.78, 5) is 0. The molecule has 0 saturated heterocycles. The fraction of sp³-hybridized carbons (Fsp3) is 0.444. The monoisotopic (exact) mass is 295 g/mol. The number of hydrogen-bond acceptors (Lipinski definition) is 3. The van der Waals surface area contributed by atoms with Crippen LogP contribution >= 0.6 is 0 Å². The zero-order valence-corrected chi connectivity index (χ0v) is 13.0. The number of aromatic nitrogens is 2. The number of ether oxygens (including phenoxy) is 1. The first kappa shape index (κ1) is 14.6. The molecule has 4 heteroatoms. The fourth-order valence-electron chi connectivity index (χ4n) is 3.24. The quantitative estimate of drug-likeness (QED) is 0.856. The number of nitriles is 1. The summed E-state index contributed by atoms with van der Waals surface area (Å²) in [5.41, 5.74) is 2.57. The molecule has 1 saturated carbocycles. The smallest absolute Gasteiger partial charge is 0.126 e. The van der Waals surface area contributed by atoms with E-state index in [9.17, 15) is 0 Å². The van der Waals surface area contributed by atoms with Gasteiger partial charge in [0.25, 0.3) is 0 Å². The molecule has 0 unspecified atom stereocenters. The maximum absolute atomic E-state index is 9.08. The molecule has 0 bridgehead atoms. The maximum Gasteiger partial charge on any atom is 0.126 e. The fourth-order valence-corrected chi connectivity index (χ4v) is 3.24. The molecule has 1 heterocycles. The first-order chi connectivity index (χ1) is 10.8. The van der Waals surface area contributed by atoms with Crippen LogP contribution in [-0.4, -0.2) is 16.9 Å². The van der Waals surface area contributed by atoms with Gasteiger partial charge >= 0.3 is 0 Å². The summed E-state index contributed by atoms with van der Waals surface area (Å²) in [5.74, 6) is 1.52. The average molecular weight is 295 g/mol. The molecule has 1 aromatic carbocycles. The Kier molecular flexibility index (Phi) is 4.43. The maximum atomic E-state index is 9.08. The van der Waals surface area contributed by atoms with Crippen LogP contribution in [0.25, 0.3) is 11.1 Å². The predicted molar refractivity (Wildman–Crippen MR) is 85.5 cm³/mol. The van der Waals surface area contributed by atoms with Crippen molar-refractivity contribution in [1.29, 1.82) is 5.26 Å².